The number of aryl methyl sites for hydroxylation is 1. The normalized spacial score (nSPS) is 11.2. The molecule has 1 aromatic heterocycles. The fourth-order valence-corrected chi connectivity index (χ4v) is 1.91. The number of aromatic nitrogens is 2. The lowest BCUT2D eigenvalue weighted by Gasteiger charge is -2.09. The van der Waals surface area contributed by atoms with Crippen LogP contribution in [0.4, 0.5) is 30.4 Å². The second-order valence-electron chi connectivity index (χ2n) is 4.80. The number of hydrogen-bond acceptors (Lipinski definition) is 3. The average molecular weight is 284 g/mol. The molecular formula is C13H15F3N4. The molecule has 0 fully saturated rings. The van der Waals surface area contributed by atoms with Gasteiger partial charge in [0.25, 0.3) is 0 Å². The van der Waals surface area contributed by atoms with Crippen molar-refractivity contribution in [2.45, 2.75) is 19.8 Å². The molecule has 4 nitrogen and oxygen atoms in total. The van der Waals surface area contributed by atoms with Crippen molar-refractivity contribution in [3.63, 3.8) is 0 Å². The van der Waals surface area contributed by atoms with Crippen molar-refractivity contribution in [3.8, 4) is 0 Å². The summed E-state index contributed by atoms with van der Waals surface area (Å²) in [6, 6.07) is 1.34. The summed E-state index contributed by atoms with van der Waals surface area (Å²) >= 11 is 0. The molecule has 0 saturated heterocycles. The van der Waals surface area contributed by atoms with Crippen molar-refractivity contribution < 1.29 is 13.2 Å². The Bertz CT molecular complexity index is 650. The Morgan fingerprint density at radius 1 is 1.25 bits per heavy atom. The molecule has 20 heavy (non-hydrogen) atoms. The monoisotopic (exact) mass is 284 g/mol. The molecule has 0 radical (unpaired) electrons. The number of anilines is 3. The Kier molecular flexibility index (Phi) is 3.61. The van der Waals surface area contributed by atoms with E-state index in [1.165, 1.54) is 4.68 Å². The standard InChI is InChI=1S/C13H15F3N4/c1-6(2)12-11(17)13(20(3)19-12)18-9-5-7(14)4-8(15)10(9)16/h4-6,18H,17H2,1-3H3. The van der Waals surface area contributed by atoms with Crippen molar-refractivity contribution in [3.05, 3.63) is 35.3 Å². The average Bonchev–Trinajstić information content (AvgIpc) is 2.63. The highest BCUT2D eigenvalue weighted by Gasteiger charge is 2.18. The molecule has 1 aromatic carbocycles. The SMILES string of the molecule is CC(C)c1nn(C)c(Nc2cc(F)cc(F)c2F)c1N. The van der Waals surface area contributed by atoms with Gasteiger partial charge in [0.05, 0.1) is 17.1 Å². The van der Waals surface area contributed by atoms with E-state index in [1.54, 1.807) is 7.05 Å². The van der Waals surface area contributed by atoms with E-state index in [4.69, 9.17) is 5.73 Å². The molecule has 0 amide bonds. The predicted octanol–water partition coefficient (Wildman–Crippen LogP) is 3.29. The number of nitrogen functional groups attached to an aromatic ring is 1. The summed E-state index contributed by atoms with van der Waals surface area (Å²) in [5.74, 6) is -2.95. The maximum atomic E-state index is 13.6. The highest BCUT2D eigenvalue weighted by molar-refractivity contribution is 5.72. The van der Waals surface area contributed by atoms with E-state index < -0.39 is 17.5 Å². The van der Waals surface area contributed by atoms with Gasteiger partial charge in [-0.05, 0) is 5.92 Å². The molecule has 0 aliphatic carbocycles. The van der Waals surface area contributed by atoms with Crippen LogP contribution in [-0.2, 0) is 7.05 Å². The van der Waals surface area contributed by atoms with Gasteiger partial charge in [0.2, 0.25) is 0 Å². The third-order valence-electron chi connectivity index (χ3n) is 2.91. The lowest BCUT2D eigenvalue weighted by atomic mass is 10.1. The first-order valence-corrected chi connectivity index (χ1v) is 6.05. The summed E-state index contributed by atoms with van der Waals surface area (Å²) in [7, 11) is 1.61. The minimum Gasteiger partial charge on any atom is -0.394 e. The van der Waals surface area contributed by atoms with Crippen LogP contribution in [-0.4, -0.2) is 9.78 Å². The Morgan fingerprint density at radius 2 is 1.90 bits per heavy atom. The molecule has 0 unspecified atom stereocenters. The van der Waals surface area contributed by atoms with Gasteiger partial charge in [-0.1, -0.05) is 13.8 Å². The zero-order valence-electron chi connectivity index (χ0n) is 11.3. The largest absolute Gasteiger partial charge is 0.394 e. The van der Waals surface area contributed by atoms with Crippen molar-refractivity contribution in [2.24, 2.45) is 7.05 Å². The fraction of sp³-hybridized carbons (Fsp3) is 0.308. The summed E-state index contributed by atoms with van der Waals surface area (Å²) < 4.78 is 41.3. The number of nitrogens with two attached hydrogens (primary N) is 1. The Labute approximate surface area is 114 Å². The van der Waals surface area contributed by atoms with E-state index >= 15 is 0 Å². The van der Waals surface area contributed by atoms with Crippen molar-refractivity contribution in [1.82, 2.24) is 9.78 Å². The van der Waals surface area contributed by atoms with Crippen molar-refractivity contribution >= 4 is 17.2 Å². The fourth-order valence-electron chi connectivity index (χ4n) is 1.91. The van der Waals surface area contributed by atoms with Crippen LogP contribution in [0.3, 0.4) is 0 Å². The van der Waals surface area contributed by atoms with Crippen LogP contribution in [0.2, 0.25) is 0 Å². The van der Waals surface area contributed by atoms with Crippen LogP contribution in [0.1, 0.15) is 25.5 Å². The third-order valence-corrected chi connectivity index (χ3v) is 2.91. The zero-order valence-corrected chi connectivity index (χ0v) is 11.3. The van der Waals surface area contributed by atoms with Gasteiger partial charge in [-0.3, -0.25) is 4.68 Å². The molecule has 2 aromatic rings. The molecule has 0 spiro atoms. The van der Waals surface area contributed by atoms with E-state index in [-0.39, 0.29) is 17.4 Å². The molecule has 2 rings (SSSR count). The first-order chi connectivity index (χ1) is 9.31. The minimum absolute atomic E-state index is 0.0749. The van der Waals surface area contributed by atoms with Gasteiger partial charge in [0.15, 0.2) is 17.5 Å². The lowest BCUT2D eigenvalue weighted by Crippen LogP contribution is -2.04. The molecule has 0 atom stereocenters. The van der Waals surface area contributed by atoms with Crippen LogP contribution >= 0.6 is 0 Å². The van der Waals surface area contributed by atoms with Crippen LogP contribution in [0.25, 0.3) is 0 Å². The quantitative estimate of drug-likeness (QED) is 0.850. The number of nitrogens with one attached hydrogen (secondary N) is 1. The van der Waals surface area contributed by atoms with Gasteiger partial charge in [0.1, 0.15) is 5.82 Å². The van der Waals surface area contributed by atoms with Crippen LogP contribution < -0.4 is 11.1 Å². The zero-order chi connectivity index (χ0) is 15.0. The highest BCUT2D eigenvalue weighted by Crippen LogP contribution is 2.31. The molecule has 0 aliphatic rings. The summed E-state index contributed by atoms with van der Waals surface area (Å²) in [5, 5.41) is 6.79. The van der Waals surface area contributed by atoms with E-state index in [0.717, 1.165) is 6.07 Å². The maximum absolute atomic E-state index is 13.6. The van der Waals surface area contributed by atoms with E-state index in [9.17, 15) is 13.2 Å². The summed E-state index contributed by atoms with van der Waals surface area (Å²) in [6.07, 6.45) is 0. The molecular weight excluding hydrogens is 269 g/mol. The number of halogens is 3. The second-order valence-corrected chi connectivity index (χ2v) is 4.80. The number of rotatable bonds is 3. The van der Waals surface area contributed by atoms with Crippen LogP contribution in [0.15, 0.2) is 12.1 Å². The summed E-state index contributed by atoms with van der Waals surface area (Å²) in [6.45, 7) is 3.82. The van der Waals surface area contributed by atoms with Gasteiger partial charge in [0, 0.05) is 19.2 Å². The topological polar surface area (TPSA) is 55.9 Å². The van der Waals surface area contributed by atoms with Crippen molar-refractivity contribution in [2.75, 3.05) is 11.1 Å². The lowest BCUT2D eigenvalue weighted by molar-refractivity contribution is 0.498. The summed E-state index contributed by atoms with van der Waals surface area (Å²) in [4.78, 5) is 0. The highest BCUT2D eigenvalue weighted by atomic mass is 19.2. The van der Waals surface area contributed by atoms with Crippen LogP contribution in [0, 0.1) is 17.5 Å². The van der Waals surface area contributed by atoms with Gasteiger partial charge in [-0.25, -0.2) is 13.2 Å². The number of hydrogen-bond donors (Lipinski definition) is 2. The predicted molar refractivity (Wildman–Crippen MR) is 71.3 cm³/mol. The minimum atomic E-state index is -1.27. The van der Waals surface area contributed by atoms with Gasteiger partial charge < -0.3 is 11.1 Å². The van der Waals surface area contributed by atoms with Gasteiger partial charge in [-0.15, -0.1) is 0 Å². The van der Waals surface area contributed by atoms with E-state index in [2.05, 4.69) is 10.4 Å². The Hall–Kier alpha value is -2.18. The van der Waals surface area contributed by atoms with Gasteiger partial charge in [-0.2, -0.15) is 5.10 Å². The molecule has 108 valence electrons. The van der Waals surface area contributed by atoms with Crippen molar-refractivity contribution in [1.29, 1.82) is 0 Å². The molecule has 7 heteroatoms. The first-order valence-electron chi connectivity index (χ1n) is 6.05. The second kappa shape index (κ2) is 5.07. The van der Waals surface area contributed by atoms with E-state index in [0.29, 0.717) is 17.4 Å². The first kappa shape index (κ1) is 14.2. The molecule has 0 aliphatic heterocycles. The Morgan fingerprint density at radius 3 is 2.45 bits per heavy atom. The van der Waals surface area contributed by atoms with Crippen LogP contribution in [0.5, 0.6) is 0 Å². The third kappa shape index (κ3) is 2.43. The Balaban J connectivity index is 2.45. The smallest absolute Gasteiger partial charge is 0.182 e. The molecule has 1 heterocycles. The van der Waals surface area contributed by atoms with Gasteiger partial charge >= 0.3 is 0 Å². The summed E-state index contributed by atoms with van der Waals surface area (Å²) in [5.41, 5.74) is 6.55. The molecule has 0 bridgehead atoms. The molecule has 3 N–H and O–H groups in total. The van der Waals surface area contributed by atoms with E-state index in [1.807, 2.05) is 13.8 Å². The maximum Gasteiger partial charge on any atom is 0.182 e. The molecule has 0 saturated carbocycles. The number of benzene rings is 1. The number of nitrogens with zero attached hydrogens (tertiary/aromatic N) is 2.